The molecule has 24 heavy (non-hydrogen) atoms. The zero-order valence-electron chi connectivity index (χ0n) is 13.4. The van der Waals surface area contributed by atoms with Crippen LogP contribution in [-0.4, -0.2) is 20.6 Å². The minimum absolute atomic E-state index is 0.0560. The van der Waals surface area contributed by atoms with E-state index in [9.17, 15) is 13.2 Å². The van der Waals surface area contributed by atoms with Gasteiger partial charge in [-0.15, -0.1) is 0 Å². The quantitative estimate of drug-likeness (QED) is 0.710. The second kappa shape index (κ2) is 5.81. The van der Waals surface area contributed by atoms with Crippen LogP contribution in [0.15, 0.2) is 36.7 Å². The molecule has 0 atom stereocenters. The predicted octanol–water partition coefficient (Wildman–Crippen LogP) is 4.44. The Morgan fingerprint density at radius 1 is 1.17 bits per heavy atom. The van der Waals surface area contributed by atoms with Crippen LogP contribution in [0.4, 0.5) is 13.2 Å². The van der Waals surface area contributed by atoms with E-state index in [2.05, 4.69) is 9.97 Å². The van der Waals surface area contributed by atoms with Gasteiger partial charge in [-0.25, -0.2) is 4.98 Å². The van der Waals surface area contributed by atoms with Gasteiger partial charge in [-0.1, -0.05) is 0 Å². The molecule has 2 aromatic heterocycles. The third kappa shape index (κ3) is 2.93. The Morgan fingerprint density at radius 2 is 1.92 bits per heavy atom. The van der Waals surface area contributed by atoms with Crippen molar-refractivity contribution < 1.29 is 17.9 Å². The number of fused-ring (bicyclic) bond motifs is 1. The molecule has 2 heterocycles. The van der Waals surface area contributed by atoms with E-state index in [1.54, 1.807) is 30.1 Å². The van der Waals surface area contributed by atoms with Gasteiger partial charge in [-0.05, 0) is 38.1 Å². The van der Waals surface area contributed by atoms with Crippen molar-refractivity contribution in [1.29, 1.82) is 0 Å². The number of hydrogen-bond acceptors (Lipinski definition) is 3. The van der Waals surface area contributed by atoms with Gasteiger partial charge in [0.2, 0.25) is 0 Å². The Labute approximate surface area is 136 Å². The number of alkyl halides is 3. The van der Waals surface area contributed by atoms with Crippen molar-refractivity contribution in [3.63, 3.8) is 0 Å². The molecule has 0 saturated carbocycles. The van der Waals surface area contributed by atoms with Crippen molar-refractivity contribution in [2.75, 3.05) is 0 Å². The van der Waals surface area contributed by atoms with E-state index in [-0.39, 0.29) is 11.6 Å². The molecule has 0 amide bonds. The van der Waals surface area contributed by atoms with Gasteiger partial charge < -0.3 is 9.30 Å². The van der Waals surface area contributed by atoms with Crippen LogP contribution >= 0.6 is 0 Å². The molecule has 7 heteroatoms. The van der Waals surface area contributed by atoms with Gasteiger partial charge in [-0.2, -0.15) is 13.2 Å². The molecule has 1 aromatic carbocycles. The van der Waals surface area contributed by atoms with Crippen molar-refractivity contribution in [2.45, 2.75) is 26.1 Å². The van der Waals surface area contributed by atoms with Crippen LogP contribution in [-0.2, 0) is 13.2 Å². The molecule has 0 N–H and O–H groups in total. The molecule has 0 spiro atoms. The van der Waals surface area contributed by atoms with Crippen LogP contribution in [0.25, 0.3) is 22.4 Å². The summed E-state index contributed by atoms with van der Waals surface area (Å²) in [5.41, 5.74) is 0.874. The maximum absolute atomic E-state index is 12.9. The predicted molar refractivity (Wildman–Crippen MR) is 84.7 cm³/mol. The Bertz CT molecular complexity index is 884. The second-order valence-electron chi connectivity index (χ2n) is 5.73. The van der Waals surface area contributed by atoms with Gasteiger partial charge in [0, 0.05) is 13.2 Å². The normalized spacial score (nSPS) is 12.1. The molecule has 0 aliphatic carbocycles. The number of pyridine rings is 1. The fourth-order valence-electron chi connectivity index (χ4n) is 2.53. The summed E-state index contributed by atoms with van der Waals surface area (Å²) in [5.74, 6) is 1.07. The number of rotatable bonds is 3. The van der Waals surface area contributed by atoms with E-state index in [0.29, 0.717) is 22.7 Å². The molecule has 0 bridgehead atoms. The monoisotopic (exact) mass is 335 g/mol. The Morgan fingerprint density at radius 3 is 2.58 bits per heavy atom. The molecule has 126 valence electrons. The molecule has 3 aromatic rings. The summed E-state index contributed by atoms with van der Waals surface area (Å²) in [6.45, 7) is 3.78. The van der Waals surface area contributed by atoms with Crippen molar-refractivity contribution in [3.8, 4) is 17.1 Å². The minimum atomic E-state index is -4.39. The number of halogens is 3. The molecule has 0 aliphatic heterocycles. The van der Waals surface area contributed by atoms with E-state index in [4.69, 9.17) is 4.74 Å². The summed E-state index contributed by atoms with van der Waals surface area (Å²) in [7, 11) is 1.76. The van der Waals surface area contributed by atoms with Crippen LogP contribution in [0.3, 0.4) is 0 Å². The topological polar surface area (TPSA) is 39.9 Å². The van der Waals surface area contributed by atoms with E-state index < -0.39 is 11.7 Å². The first-order valence-electron chi connectivity index (χ1n) is 7.42. The van der Waals surface area contributed by atoms with Crippen molar-refractivity contribution in [1.82, 2.24) is 14.5 Å². The fraction of sp³-hybridized carbons (Fsp3) is 0.294. The SMILES string of the molecule is CC(C)Oc1cnccc1-c1nc2cc(C(F)(F)F)ccc2n1C. The minimum Gasteiger partial charge on any atom is -0.489 e. The first-order chi connectivity index (χ1) is 11.3. The first-order valence-corrected chi connectivity index (χ1v) is 7.42. The Hall–Kier alpha value is -2.57. The molecule has 4 nitrogen and oxygen atoms in total. The Kier molecular flexibility index (Phi) is 3.95. The summed E-state index contributed by atoms with van der Waals surface area (Å²) < 4.78 is 46.2. The smallest absolute Gasteiger partial charge is 0.416 e. The summed E-state index contributed by atoms with van der Waals surface area (Å²) in [5, 5.41) is 0. The standard InChI is InChI=1S/C17H16F3N3O/c1-10(2)24-15-9-21-7-6-12(15)16-22-13-8-11(17(18,19)20)4-5-14(13)23(16)3/h4-10H,1-3H3. The van der Waals surface area contributed by atoms with Gasteiger partial charge in [-0.3, -0.25) is 4.98 Å². The number of benzene rings is 1. The van der Waals surface area contributed by atoms with Crippen molar-refractivity contribution in [3.05, 3.63) is 42.2 Å². The summed E-state index contributed by atoms with van der Waals surface area (Å²) in [6.07, 6.45) is -1.27. The van der Waals surface area contributed by atoms with Crippen LogP contribution in [0.5, 0.6) is 5.75 Å². The Balaban J connectivity index is 2.16. The number of ether oxygens (including phenoxy) is 1. The lowest BCUT2D eigenvalue weighted by atomic mass is 10.2. The van der Waals surface area contributed by atoms with Crippen LogP contribution in [0.2, 0.25) is 0 Å². The third-order valence-corrected chi connectivity index (χ3v) is 3.60. The van der Waals surface area contributed by atoms with E-state index in [1.807, 2.05) is 13.8 Å². The van der Waals surface area contributed by atoms with E-state index in [0.717, 1.165) is 12.1 Å². The zero-order valence-corrected chi connectivity index (χ0v) is 13.4. The highest BCUT2D eigenvalue weighted by Gasteiger charge is 2.31. The third-order valence-electron chi connectivity index (χ3n) is 3.60. The van der Waals surface area contributed by atoms with Crippen LogP contribution in [0.1, 0.15) is 19.4 Å². The average Bonchev–Trinajstić information content (AvgIpc) is 2.83. The largest absolute Gasteiger partial charge is 0.489 e. The van der Waals surface area contributed by atoms with Gasteiger partial charge in [0.1, 0.15) is 11.6 Å². The first kappa shape index (κ1) is 16.3. The molecule has 0 fully saturated rings. The number of imidazole rings is 1. The lowest BCUT2D eigenvalue weighted by Crippen LogP contribution is -2.07. The number of nitrogens with zero attached hydrogens (tertiary/aromatic N) is 3. The molecule has 3 rings (SSSR count). The molecule has 0 radical (unpaired) electrons. The molecular weight excluding hydrogens is 319 g/mol. The summed E-state index contributed by atoms with van der Waals surface area (Å²) in [4.78, 5) is 8.42. The molecule has 0 saturated heterocycles. The number of aryl methyl sites for hydroxylation is 1. The maximum atomic E-state index is 12.9. The molecule has 0 aliphatic rings. The van der Waals surface area contributed by atoms with Crippen molar-refractivity contribution in [2.24, 2.45) is 7.05 Å². The highest BCUT2D eigenvalue weighted by molar-refractivity contribution is 5.82. The summed E-state index contributed by atoms with van der Waals surface area (Å²) >= 11 is 0. The van der Waals surface area contributed by atoms with Gasteiger partial charge in [0.25, 0.3) is 0 Å². The van der Waals surface area contributed by atoms with Crippen LogP contribution < -0.4 is 4.74 Å². The van der Waals surface area contributed by atoms with Crippen molar-refractivity contribution >= 4 is 11.0 Å². The highest BCUT2D eigenvalue weighted by atomic mass is 19.4. The lowest BCUT2D eigenvalue weighted by Gasteiger charge is -2.13. The second-order valence-corrected chi connectivity index (χ2v) is 5.73. The summed E-state index contributed by atoms with van der Waals surface area (Å²) in [6, 6.07) is 5.29. The maximum Gasteiger partial charge on any atom is 0.416 e. The zero-order chi connectivity index (χ0) is 17.5. The molecule has 0 unspecified atom stereocenters. The highest BCUT2D eigenvalue weighted by Crippen LogP contribution is 2.34. The van der Waals surface area contributed by atoms with Crippen LogP contribution in [0, 0.1) is 0 Å². The average molecular weight is 335 g/mol. The molecular formula is C17H16F3N3O. The van der Waals surface area contributed by atoms with Gasteiger partial charge in [0.05, 0.1) is 34.5 Å². The van der Waals surface area contributed by atoms with Gasteiger partial charge in [0.15, 0.2) is 0 Å². The number of hydrogen-bond donors (Lipinski definition) is 0. The fourth-order valence-corrected chi connectivity index (χ4v) is 2.53. The lowest BCUT2D eigenvalue weighted by molar-refractivity contribution is -0.137. The van der Waals surface area contributed by atoms with Gasteiger partial charge >= 0.3 is 6.18 Å². The number of aromatic nitrogens is 3. The van der Waals surface area contributed by atoms with E-state index >= 15 is 0 Å². The van der Waals surface area contributed by atoms with E-state index in [1.165, 1.54) is 6.07 Å².